The van der Waals surface area contributed by atoms with E-state index in [-0.39, 0.29) is 0 Å². The number of halogens is 1. The second kappa shape index (κ2) is 6.60. The van der Waals surface area contributed by atoms with Crippen molar-refractivity contribution in [3.05, 3.63) is 22.6 Å². The second-order valence-corrected chi connectivity index (χ2v) is 6.43. The van der Waals surface area contributed by atoms with Gasteiger partial charge in [0.05, 0.1) is 6.26 Å². The summed E-state index contributed by atoms with van der Waals surface area (Å²) in [6, 6.07) is 2.45. The molecule has 0 bridgehead atoms. The van der Waals surface area contributed by atoms with Gasteiger partial charge in [0.25, 0.3) is 0 Å². The van der Waals surface area contributed by atoms with E-state index in [1.54, 1.807) is 6.26 Å². The summed E-state index contributed by atoms with van der Waals surface area (Å²) < 4.78 is 6.18. The van der Waals surface area contributed by atoms with Gasteiger partial charge in [-0.1, -0.05) is 34.1 Å². The standard InChI is InChI=1S/C14H24BrNO/c1-5-16-12(7-6-9-14(2,3)4)11-8-10-17-13(11)15/h8,10,12,16H,5-7,9H2,1-4H3. The van der Waals surface area contributed by atoms with Gasteiger partial charge in [0.2, 0.25) is 0 Å². The molecule has 0 aliphatic carbocycles. The number of furan rings is 1. The van der Waals surface area contributed by atoms with E-state index in [2.05, 4.69) is 55.0 Å². The highest BCUT2D eigenvalue weighted by atomic mass is 79.9. The lowest BCUT2D eigenvalue weighted by Crippen LogP contribution is -2.21. The molecule has 1 atom stereocenters. The highest BCUT2D eigenvalue weighted by Gasteiger charge is 2.17. The average Bonchev–Trinajstić information content (AvgIpc) is 2.61. The number of rotatable bonds is 6. The van der Waals surface area contributed by atoms with E-state index in [0.29, 0.717) is 11.5 Å². The third-order valence-corrected chi connectivity index (χ3v) is 3.54. The fourth-order valence-electron chi connectivity index (χ4n) is 2.00. The summed E-state index contributed by atoms with van der Waals surface area (Å²) >= 11 is 3.46. The first kappa shape index (κ1) is 14.8. The Hall–Kier alpha value is -0.280. The van der Waals surface area contributed by atoms with Crippen LogP contribution in [0.5, 0.6) is 0 Å². The summed E-state index contributed by atoms with van der Waals surface area (Å²) in [7, 11) is 0. The molecule has 0 saturated heterocycles. The van der Waals surface area contributed by atoms with E-state index in [4.69, 9.17) is 4.42 Å². The van der Waals surface area contributed by atoms with E-state index in [0.717, 1.165) is 17.6 Å². The fraction of sp³-hybridized carbons (Fsp3) is 0.714. The molecule has 17 heavy (non-hydrogen) atoms. The van der Waals surface area contributed by atoms with E-state index in [1.807, 2.05) is 0 Å². The molecule has 0 aromatic carbocycles. The van der Waals surface area contributed by atoms with E-state index >= 15 is 0 Å². The Balaban J connectivity index is 2.53. The molecular weight excluding hydrogens is 278 g/mol. The zero-order valence-electron chi connectivity index (χ0n) is 11.3. The van der Waals surface area contributed by atoms with E-state index in [1.165, 1.54) is 18.4 Å². The molecule has 1 rings (SSSR count). The van der Waals surface area contributed by atoms with Crippen LogP contribution in [0.2, 0.25) is 0 Å². The van der Waals surface area contributed by atoms with E-state index in [9.17, 15) is 0 Å². The Labute approximate surface area is 113 Å². The largest absolute Gasteiger partial charge is 0.457 e. The number of hydrogen-bond acceptors (Lipinski definition) is 2. The van der Waals surface area contributed by atoms with Crippen LogP contribution in [0, 0.1) is 5.41 Å². The molecule has 1 unspecified atom stereocenters. The van der Waals surface area contributed by atoms with Crippen LogP contribution in [0.25, 0.3) is 0 Å². The van der Waals surface area contributed by atoms with Gasteiger partial charge in [0.1, 0.15) is 0 Å². The first-order valence-corrected chi connectivity index (χ1v) is 7.19. The lowest BCUT2D eigenvalue weighted by molar-refractivity contribution is 0.344. The average molecular weight is 302 g/mol. The van der Waals surface area contributed by atoms with Gasteiger partial charge in [-0.15, -0.1) is 0 Å². The predicted molar refractivity (Wildman–Crippen MR) is 76.1 cm³/mol. The Morgan fingerprint density at radius 1 is 1.41 bits per heavy atom. The fourth-order valence-corrected chi connectivity index (χ4v) is 2.52. The van der Waals surface area contributed by atoms with Crippen LogP contribution in [0.15, 0.2) is 21.4 Å². The molecule has 0 aliphatic heterocycles. The summed E-state index contributed by atoms with van der Waals surface area (Å²) in [6.07, 6.45) is 5.39. The maximum Gasteiger partial charge on any atom is 0.173 e. The van der Waals surface area contributed by atoms with Gasteiger partial charge in [-0.05, 0) is 46.8 Å². The van der Waals surface area contributed by atoms with Crippen LogP contribution in [-0.4, -0.2) is 6.54 Å². The predicted octanol–water partition coefficient (Wildman–Crippen LogP) is 4.91. The van der Waals surface area contributed by atoms with Crippen molar-refractivity contribution < 1.29 is 4.42 Å². The number of nitrogens with one attached hydrogen (secondary N) is 1. The van der Waals surface area contributed by atoms with Gasteiger partial charge in [0, 0.05) is 11.6 Å². The molecule has 3 heteroatoms. The van der Waals surface area contributed by atoms with Gasteiger partial charge in [-0.25, -0.2) is 0 Å². The van der Waals surface area contributed by atoms with Crippen molar-refractivity contribution in [2.45, 2.75) is 53.0 Å². The maximum absolute atomic E-state index is 5.32. The van der Waals surface area contributed by atoms with Crippen LogP contribution < -0.4 is 5.32 Å². The maximum atomic E-state index is 5.32. The van der Waals surface area contributed by atoms with Crippen LogP contribution in [0.4, 0.5) is 0 Å². The molecule has 0 spiro atoms. The topological polar surface area (TPSA) is 25.2 Å². The summed E-state index contributed by atoms with van der Waals surface area (Å²) in [6.45, 7) is 10.0. The Kier molecular flexibility index (Phi) is 5.74. The molecule has 0 saturated carbocycles. The molecular formula is C14H24BrNO. The Morgan fingerprint density at radius 3 is 2.59 bits per heavy atom. The van der Waals surface area contributed by atoms with Gasteiger partial charge in [-0.3, -0.25) is 0 Å². The SMILES string of the molecule is CCNC(CCCC(C)(C)C)c1ccoc1Br. The lowest BCUT2D eigenvalue weighted by atomic mass is 9.88. The highest BCUT2D eigenvalue weighted by molar-refractivity contribution is 9.10. The summed E-state index contributed by atoms with van der Waals surface area (Å²) in [5.41, 5.74) is 1.66. The minimum atomic E-state index is 0.399. The van der Waals surface area contributed by atoms with Crippen LogP contribution in [-0.2, 0) is 0 Å². The number of hydrogen-bond donors (Lipinski definition) is 1. The minimum Gasteiger partial charge on any atom is -0.457 e. The summed E-state index contributed by atoms with van der Waals surface area (Å²) in [4.78, 5) is 0. The highest BCUT2D eigenvalue weighted by Crippen LogP contribution is 2.30. The normalized spacial score (nSPS) is 13.9. The van der Waals surface area contributed by atoms with Crippen LogP contribution in [0.3, 0.4) is 0 Å². The monoisotopic (exact) mass is 301 g/mol. The van der Waals surface area contributed by atoms with Crippen LogP contribution >= 0.6 is 15.9 Å². The molecule has 1 aromatic heterocycles. The molecule has 0 fully saturated rings. The molecule has 1 heterocycles. The smallest absolute Gasteiger partial charge is 0.173 e. The zero-order valence-corrected chi connectivity index (χ0v) is 12.9. The van der Waals surface area contributed by atoms with Gasteiger partial charge < -0.3 is 9.73 Å². The third-order valence-electron chi connectivity index (χ3n) is 2.89. The van der Waals surface area contributed by atoms with Crippen molar-refractivity contribution in [1.29, 1.82) is 0 Å². The van der Waals surface area contributed by atoms with Crippen molar-refractivity contribution in [3.63, 3.8) is 0 Å². The second-order valence-electron chi connectivity index (χ2n) is 5.71. The van der Waals surface area contributed by atoms with Crippen molar-refractivity contribution in [3.8, 4) is 0 Å². The molecule has 0 aliphatic rings. The Morgan fingerprint density at radius 2 is 2.12 bits per heavy atom. The molecule has 0 amide bonds. The quantitative estimate of drug-likeness (QED) is 0.807. The summed E-state index contributed by atoms with van der Waals surface area (Å²) in [5.74, 6) is 0. The first-order valence-electron chi connectivity index (χ1n) is 6.40. The van der Waals surface area contributed by atoms with E-state index < -0.39 is 0 Å². The van der Waals surface area contributed by atoms with Crippen molar-refractivity contribution in [2.24, 2.45) is 5.41 Å². The first-order chi connectivity index (χ1) is 7.94. The van der Waals surface area contributed by atoms with Gasteiger partial charge in [-0.2, -0.15) is 0 Å². The van der Waals surface area contributed by atoms with Crippen molar-refractivity contribution in [1.82, 2.24) is 5.32 Å². The molecule has 2 nitrogen and oxygen atoms in total. The van der Waals surface area contributed by atoms with Gasteiger partial charge >= 0.3 is 0 Å². The summed E-state index contributed by atoms with van der Waals surface area (Å²) in [5, 5.41) is 3.52. The molecule has 98 valence electrons. The van der Waals surface area contributed by atoms with Gasteiger partial charge in [0.15, 0.2) is 4.67 Å². The zero-order chi connectivity index (χ0) is 12.9. The van der Waals surface area contributed by atoms with Crippen LogP contribution in [0.1, 0.15) is 58.6 Å². The minimum absolute atomic E-state index is 0.399. The molecule has 1 N–H and O–H groups in total. The lowest BCUT2D eigenvalue weighted by Gasteiger charge is -2.21. The molecule has 1 aromatic rings. The van der Waals surface area contributed by atoms with Crippen molar-refractivity contribution >= 4 is 15.9 Å². The third kappa shape index (κ3) is 5.26. The van der Waals surface area contributed by atoms with Crippen molar-refractivity contribution in [2.75, 3.05) is 6.54 Å². The Bertz CT molecular complexity index is 327. The molecule has 0 radical (unpaired) electrons.